The minimum Gasteiger partial charge on any atom is -0.307 e. The summed E-state index contributed by atoms with van der Waals surface area (Å²) < 4.78 is 0. The monoisotopic (exact) mass is 244 g/mol. The summed E-state index contributed by atoms with van der Waals surface area (Å²) in [6.45, 7) is 0. The highest BCUT2D eigenvalue weighted by molar-refractivity contribution is 5.85. The van der Waals surface area contributed by atoms with Gasteiger partial charge < -0.3 is 5.32 Å². The van der Waals surface area contributed by atoms with Crippen LogP contribution >= 0.6 is 12.4 Å². The summed E-state index contributed by atoms with van der Waals surface area (Å²) in [7, 11) is 1.62. The first-order valence-electron chi connectivity index (χ1n) is 4.52. The normalized spacial score (nSPS) is 11.1. The van der Waals surface area contributed by atoms with Crippen molar-refractivity contribution < 1.29 is 9.63 Å². The molecule has 88 valence electrons. The first kappa shape index (κ1) is 14.5. The van der Waals surface area contributed by atoms with Gasteiger partial charge in [-0.3, -0.25) is 4.84 Å². The highest BCUT2D eigenvalue weighted by Gasteiger charge is 2.19. The Bertz CT molecular complexity index is 332. The van der Waals surface area contributed by atoms with E-state index in [0.29, 0.717) is 6.42 Å². The van der Waals surface area contributed by atoms with Crippen molar-refractivity contribution >= 4 is 18.4 Å². The lowest BCUT2D eigenvalue weighted by atomic mass is 10.1. The third kappa shape index (κ3) is 4.37. The molecule has 0 saturated carbocycles. The molecule has 6 heteroatoms. The molecule has 0 radical (unpaired) electrons. The Hall–Kier alpha value is -1.46. The number of carbonyl (C=O) groups excluding carboxylic acids is 1. The highest BCUT2D eigenvalue weighted by atomic mass is 35.5. The Morgan fingerprint density at radius 2 is 2.06 bits per heavy atom. The summed E-state index contributed by atoms with van der Waals surface area (Å²) in [5, 5.41) is 4.87. The number of nitrogens with one attached hydrogen (secondary N) is 1. The average Bonchev–Trinajstić information content (AvgIpc) is 2.27. The molecule has 16 heavy (non-hydrogen) atoms. The smallest absolute Gasteiger partial charge is 0.307 e. The molecule has 0 unspecified atom stereocenters. The van der Waals surface area contributed by atoms with Crippen molar-refractivity contribution in [1.29, 1.82) is 0 Å². The zero-order valence-electron chi connectivity index (χ0n) is 8.75. The minimum absolute atomic E-state index is 0. The Morgan fingerprint density at radius 3 is 2.56 bits per heavy atom. The summed E-state index contributed by atoms with van der Waals surface area (Å²) >= 11 is 0. The molecular weight excluding hydrogens is 232 g/mol. The molecule has 0 heterocycles. The summed E-state index contributed by atoms with van der Waals surface area (Å²) in [5.74, 6) is -0.670. The van der Waals surface area contributed by atoms with Gasteiger partial charge in [-0.1, -0.05) is 30.3 Å². The van der Waals surface area contributed by atoms with E-state index in [2.05, 4.69) is 15.5 Å². The second-order valence-electron chi connectivity index (χ2n) is 3.02. The molecule has 0 saturated heterocycles. The van der Waals surface area contributed by atoms with Crippen LogP contribution in [0, 0.1) is 4.91 Å². The standard InChI is InChI=1S/C10H12N2O3.ClH/c1-11-9(10(13)15-12-14)7-8-5-3-2-4-6-8;/h2-6,9,11H,7H2,1H3;1H/t9-;/m0./s1. The van der Waals surface area contributed by atoms with Gasteiger partial charge in [-0.15, -0.1) is 17.3 Å². The number of benzene rings is 1. The van der Waals surface area contributed by atoms with Crippen LogP contribution in [-0.4, -0.2) is 19.1 Å². The number of nitrogens with zero attached hydrogens (tertiary/aromatic N) is 1. The van der Waals surface area contributed by atoms with Crippen LogP contribution in [0.5, 0.6) is 0 Å². The van der Waals surface area contributed by atoms with E-state index in [4.69, 9.17) is 0 Å². The predicted octanol–water partition coefficient (Wildman–Crippen LogP) is 1.46. The van der Waals surface area contributed by atoms with Crippen LogP contribution < -0.4 is 5.32 Å². The maximum absolute atomic E-state index is 11.2. The van der Waals surface area contributed by atoms with Gasteiger partial charge in [-0.05, 0) is 19.0 Å². The quantitative estimate of drug-likeness (QED) is 0.629. The topological polar surface area (TPSA) is 67.8 Å². The maximum Gasteiger partial charge on any atom is 0.355 e. The molecule has 0 amide bonds. The lowest BCUT2D eigenvalue weighted by Crippen LogP contribution is -2.36. The average molecular weight is 245 g/mol. The molecule has 1 aromatic carbocycles. The van der Waals surface area contributed by atoms with Crippen molar-refractivity contribution in [2.75, 3.05) is 7.05 Å². The van der Waals surface area contributed by atoms with Crippen LogP contribution in [0.2, 0.25) is 0 Å². The third-order valence-electron chi connectivity index (χ3n) is 2.04. The van der Waals surface area contributed by atoms with E-state index in [1.807, 2.05) is 30.3 Å². The summed E-state index contributed by atoms with van der Waals surface area (Å²) in [5.41, 5.74) is 0.986. The number of carbonyl (C=O) groups is 1. The van der Waals surface area contributed by atoms with Crippen LogP contribution in [0.25, 0.3) is 0 Å². The highest BCUT2D eigenvalue weighted by Crippen LogP contribution is 2.04. The van der Waals surface area contributed by atoms with Gasteiger partial charge >= 0.3 is 5.97 Å². The van der Waals surface area contributed by atoms with Gasteiger partial charge in [0, 0.05) is 0 Å². The molecule has 1 rings (SSSR count). The molecule has 0 fully saturated rings. The predicted molar refractivity (Wildman–Crippen MR) is 62.1 cm³/mol. The van der Waals surface area contributed by atoms with E-state index in [1.54, 1.807) is 7.05 Å². The van der Waals surface area contributed by atoms with Gasteiger partial charge in [-0.25, -0.2) is 4.79 Å². The summed E-state index contributed by atoms with van der Waals surface area (Å²) in [4.78, 5) is 25.0. The second kappa shape index (κ2) is 7.78. The molecule has 0 aliphatic heterocycles. The molecular formula is C10H13ClN2O3. The van der Waals surface area contributed by atoms with E-state index in [-0.39, 0.29) is 12.4 Å². The van der Waals surface area contributed by atoms with Crippen LogP contribution in [0.15, 0.2) is 35.7 Å². The van der Waals surface area contributed by atoms with Crippen molar-refractivity contribution in [3.63, 3.8) is 0 Å². The number of hydrogen-bond acceptors (Lipinski definition) is 5. The van der Waals surface area contributed by atoms with Crippen LogP contribution in [0.3, 0.4) is 0 Å². The lowest BCUT2D eigenvalue weighted by Gasteiger charge is -2.11. The van der Waals surface area contributed by atoms with Gasteiger partial charge in [0.25, 0.3) is 0 Å². The van der Waals surface area contributed by atoms with Gasteiger partial charge in [0.1, 0.15) is 6.04 Å². The first-order chi connectivity index (χ1) is 7.27. The first-order valence-corrected chi connectivity index (χ1v) is 4.52. The zero-order valence-corrected chi connectivity index (χ0v) is 9.57. The molecule has 0 aliphatic carbocycles. The molecule has 0 bridgehead atoms. The van der Waals surface area contributed by atoms with E-state index in [0.717, 1.165) is 5.56 Å². The van der Waals surface area contributed by atoms with Crippen molar-refractivity contribution in [1.82, 2.24) is 5.32 Å². The van der Waals surface area contributed by atoms with E-state index < -0.39 is 12.0 Å². The molecule has 5 nitrogen and oxygen atoms in total. The van der Waals surface area contributed by atoms with E-state index in [9.17, 15) is 9.70 Å². The summed E-state index contributed by atoms with van der Waals surface area (Å²) in [6, 6.07) is 8.89. The molecule has 0 aliphatic rings. The van der Waals surface area contributed by atoms with E-state index in [1.165, 1.54) is 0 Å². The summed E-state index contributed by atoms with van der Waals surface area (Å²) in [6.07, 6.45) is 0.464. The largest absolute Gasteiger partial charge is 0.355 e. The van der Waals surface area contributed by atoms with Crippen molar-refractivity contribution in [3.8, 4) is 0 Å². The second-order valence-corrected chi connectivity index (χ2v) is 3.02. The number of likely N-dealkylation sites (N-methyl/N-ethyl adjacent to an activating group) is 1. The Kier molecular flexibility index (Phi) is 7.07. The number of hydrogen-bond donors (Lipinski definition) is 1. The minimum atomic E-state index is -0.670. The van der Waals surface area contributed by atoms with Gasteiger partial charge in [0.15, 0.2) is 5.34 Å². The van der Waals surface area contributed by atoms with Crippen molar-refractivity contribution in [2.45, 2.75) is 12.5 Å². The fourth-order valence-corrected chi connectivity index (χ4v) is 1.25. The van der Waals surface area contributed by atoms with Crippen LogP contribution in [0.1, 0.15) is 5.56 Å². The van der Waals surface area contributed by atoms with Gasteiger partial charge in [0.2, 0.25) is 0 Å². The molecule has 0 spiro atoms. The van der Waals surface area contributed by atoms with Gasteiger partial charge in [-0.2, -0.15) is 0 Å². The Morgan fingerprint density at radius 1 is 1.44 bits per heavy atom. The van der Waals surface area contributed by atoms with Crippen molar-refractivity contribution in [2.24, 2.45) is 5.34 Å². The number of halogens is 1. The van der Waals surface area contributed by atoms with Crippen LogP contribution in [-0.2, 0) is 16.1 Å². The molecule has 1 atom stereocenters. The fourth-order valence-electron chi connectivity index (χ4n) is 1.25. The van der Waals surface area contributed by atoms with Crippen LogP contribution in [0.4, 0.5) is 0 Å². The molecule has 1 N–H and O–H groups in total. The van der Waals surface area contributed by atoms with Crippen molar-refractivity contribution in [3.05, 3.63) is 40.8 Å². The molecule has 1 aromatic rings. The molecule has 0 aromatic heterocycles. The zero-order chi connectivity index (χ0) is 11.1. The SMILES string of the molecule is CN[C@@H](Cc1ccccc1)C(=O)ON=O.Cl. The Labute approximate surface area is 99.5 Å². The van der Waals surface area contributed by atoms with Gasteiger partial charge in [0.05, 0.1) is 0 Å². The lowest BCUT2D eigenvalue weighted by molar-refractivity contribution is -0.146. The van der Waals surface area contributed by atoms with E-state index >= 15 is 0 Å². The maximum atomic E-state index is 11.2. The third-order valence-corrected chi connectivity index (χ3v) is 2.04. The fraction of sp³-hybridized carbons (Fsp3) is 0.300. The number of rotatable bonds is 5. The Balaban J connectivity index is 0.00000225.